The van der Waals surface area contributed by atoms with Crippen LogP contribution >= 0.6 is 0 Å². The monoisotopic (exact) mass is 399 g/mol. The molecule has 2 amide bonds. The number of halogens is 3. The summed E-state index contributed by atoms with van der Waals surface area (Å²) in [7, 11) is 1.86. The Morgan fingerprint density at radius 3 is 2.89 bits per heavy atom. The Morgan fingerprint density at radius 2 is 2.25 bits per heavy atom. The van der Waals surface area contributed by atoms with Crippen LogP contribution in [0.1, 0.15) is 43.3 Å². The highest BCUT2D eigenvalue weighted by atomic mass is 19.4. The number of likely N-dealkylation sites (tertiary alicyclic amines) is 1. The maximum Gasteiger partial charge on any atom is 0.405 e. The number of aromatic nitrogens is 2. The van der Waals surface area contributed by atoms with Crippen molar-refractivity contribution in [3.63, 3.8) is 0 Å². The second-order valence-electron chi connectivity index (χ2n) is 7.51. The molecule has 3 rings (SSSR count). The fraction of sp³-hybridized carbons (Fsp3) is 0.722. The third-order valence-electron chi connectivity index (χ3n) is 5.25. The Balaban J connectivity index is 1.59. The maximum atomic E-state index is 13.9. The molecule has 2 fully saturated rings. The van der Waals surface area contributed by atoms with Gasteiger partial charge in [-0.3, -0.25) is 4.90 Å². The molecule has 0 spiro atoms. The van der Waals surface area contributed by atoms with E-state index >= 15 is 0 Å². The Labute approximate surface area is 161 Å². The van der Waals surface area contributed by atoms with Gasteiger partial charge in [-0.05, 0) is 32.7 Å². The van der Waals surface area contributed by atoms with Gasteiger partial charge in [-0.1, -0.05) is 11.1 Å². The summed E-state index contributed by atoms with van der Waals surface area (Å²) in [6.45, 7) is 0.995. The Hall–Kier alpha value is -2.28. The Morgan fingerprint density at radius 1 is 1.50 bits per heavy atom. The normalized spacial score (nSPS) is 22.5. The number of nitrogens with one attached hydrogen (secondary N) is 1. The molecule has 1 aliphatic carbocycles. The predicted octanol–water partition coefficient (Wildman–Crippen LogP) is 2.12. The fourth-order valence-electron chi connectivity index (χ4n) is 3.34. The van der Waals surface area contributed by atoms with E-state index in [1.165, 1.54) is 4.90 Å². The van der Waals surface area contributed by atoms with Gasteiger partial charge in [0.2, 0.25) is 5.89 Å². The maximum absolute atomic E-state index is 13.9. The lowest BCUT2D eigenvalue weighted by atomic mass is 9.86. The van der Waals surface area contributed by atoms with Crippen LogP contribution in [0.4, 0.5) is 18.0 Å². The van der Waals surface area contributed by atoms with Gasteiger partial charge >= 0.3 is 12.2 Å². The van der Waals surface area contributed by atoms with Crippen LogP contribution in [0.3, 0.4) is 0 Å². The van der Waals surface area contributed by atoms with Crippen molar-refractivity contribution in [3.8, 4) is 12.3 Å². The van der Waals surface area contributed by atoms with Gasteiger partial charge < -0.3 is 14.7 Å². The van der Waals surface area contributed by atoms with Gasteiger partial charge in [0, 0.05) is 32.1 Å². The van der Waals surface area contributed by atoms with Crippen LogP contribution in [-0.2, 0) is 5.41 Å². The van der Waals surface area contributed by atoms with Crippen molar-refractivity contribution < 1.29 is 22.5 Å². The first kappa shape index (κ1) is 20.5. The van der Waals surface area contributed by atoms with Crippen molar-refractivity contribution in [3.05, 3.63) is 11.7 Å². The second kappa shape index (κ2) is 7.99. The number of terminal acetylenes is 1. The van der Waals surface area contributed by atoms with Crippen molar-refractivity contribution in [2.75, 3.05) is 39.8 Å². The summed E-state index contributed by atoms with van der Waals surface area (Å²) in [4.78, 5) is 19.4. The molecule has 28 heavy (non-hydrogen) atoms. The van der Waals surface area contributed by atoms with Crippen molar-refractivity contribution in [1.29, 1.82) is 0 Å². The van der Waals surface area contributed by atoms with Crippen molar-refractivity contribution in [1.82, 2.24) is 25.3 Å². The fourth-order valence-corrected chi connectivity index (χ4v) is 3.34. The topological polar surface area (TPSA) is 74.5 Å². The molecule has 154 valence electrons. The number of urea groups is 1. The zero-order valence-electron chi connectivity index (χ0n) is 15.8. The average molecular weight is 399 g/mol. The van der Waals surface area contributed by atoms with E-state index in [4.69, 9.17) is 10.9 Å². The number of hydrogen-bond acceptors (Lipinski definition) is 5. The average Bonchev–Trinajstić information content (AvgIpc) is 3.18. The summed E-state index contributed by atoms with van der Waals surface area (Å²) in [6.07, 6.45) is 2.71. The molecule has 1 aromatic heterocycles. The highest BCUT2D eigenvalue weighted by Crippen LogP contribution is 2.48. The van der Waals surface area contributed by atoms with Crippen LogP contribution in [-0.4, -0.2) is 71.9 Å². The quantitative estimate of drug-likeness (QED) is 0.562. The lowest BCUT2D eigenvalue weighted by Gasteiger charge is -2.28. The summed E-state index contributed by atoms with van der Waals surface area (Å²) in [5.41, 5.74) is -2.31. The van der Waals surface area contributed by atoms with Crippen LogP contribution < -0.4 is 5.32 Å². The van der Waals surface area contributed by atoms with E-state index < -0.39 is 30.1 Å². The number of nitrogens with zero attached hydrogens (tertiary/aromatic N) is 4. The molecule has 1 aliphatic heterocycles. The molecule has 0 bridgehead atoms. The Kier molecular flexibility index (Phi) is 5.84. The highest BCUT2D eigenvalue weighted by molar-refractivity contribution is 5.74. The number of hydrogen-bond donors (Lipinski definition) is 1. The van der Waals surface area contributed by atoms with Crippen LogP contribution in [0.5, 0.6) is 0 Å². The number of carbonyl (C=O) groups excluding carboxylic acids is 1. The summed E-state index contributed by atoms with van der Waals surface area (Å²) in [5, 5.41) is 6.39. The number of carbonyl (C=O) groups is 1. The highest BCUT2D eigenvalue weighted by Gasteiger charge is 2.63. The molecule has 2 aliphatic rings. The molecule has 1 aromatic rings. The minimum absolute atomic E-state index is 0.0243. The molecule has 1 N–H and O–H groups in total. The smallest absolute Gasteiger partial charge is 0.338 e. The van der Waals surface area contributed by atoms with Crippen molar-refractivity contribution >= 4 is 6.03 Å². The predicted molar refractivity (Wildman–Crippen MR) is 94.5 cm³/mol. The van der Waals surface area contributed by atoms with Crippen LogP contribution in [0.2, 0.25) is 0 Å². The van der Waals surface area contributed by atoms with Crippen LogP contribution in [0.25, 0.3) is 0 Å². The largest absolute Gasteiger partial charge is 0.405 e. The summed E-state index contributed by atoms with van der Waals surface area (Å²) in [5.74, 6) is 2.50. The number of alkyl halides is 3. The molecule has 1 unspecified atom stereocenters. The zero-order chi connectivity index (χ0) is 20.4. The van der Waals surface area contributed by atoms with E-state index in [-0.39, 0.29) is 18.9 Å². The van der Waals surface area contributed by atoms with E-state index in [0.717, 1.165) is 12.8 Å². The van der Waals surface area contributed by atoms with E-state index in [0.29, 0.717) is 31.9 Å². The van der Waals surface area contributed by atoms with Gasteiger partial charge in [-0.25, -0.2) is 4.79 Å². The third kappa shape index (κ3) is 4.24. The van der Waals surface area contributed by atoms with E-state index in [2.05, 4.69) is 21.4 Å². The summed E-state index contributed by atoms with van der Waals surface area (Å²) < 4.78 is 46.8. The van der Waals surface area contributed by atoms with Gasteiger partial charge in [0.15, 0.2) is 11.2 Å². The number of rotatable bonds is 7. The molecule has 1 atom stereocenters. The standard InChI is InChI=1S/C18H24F3N5O2/c1-3-9-25(2)10-4-8-22-16(27)26-11-7-17(12-26,18(19,20)21)15-23-14(24-28-15)13-5-6-13/h1,13H,4-12H2,2H3,(H,22,27). The van der Waals surface area contributed by atoms with E-state index in [1.54, 1.807) is 0 Å². The molecule has 0 radical (unpaired) electrons. The molecule has 10 heteroatoms. The summed E-state index contributed by atoms with van der Waals surface area (Å²) in [6, 6.07) is -0.521. The second-order valence-corrected chi connectivity index (χ2v) is 7.51. The van der Waals surface area contributed by atoms with Gasteiger partial charge in [-0.15, -0.1) is 6.42 Å². The van der Waals surface area contributed by atoms with Crippen LogP contribution in [0, 0.1) is 12.3 Å². The molecule has 7 nitrogen and oxygen atoms in total. The van der Waals surface area contributed by atoms with Gasteiger partial charge in [0.25, 0.3) is 0 Å². The van der Waals surface area contributed by atoms with Gasteiger partial charge in [0.05, 0.1) is 6.54 Å². The SMILES string of the molecule is C#CCN(C)CCCNC(=O)N1CCC(c2nc(C3CC3)no2)(C(F)(F)F)C1. The summed E-state index contributed by atoms with van der Waals surface area (Å²) >= 11 is 0. The number of amides is 2. The van der Waals surface area contributed by atoms with E-state index in [1.807, 2.05) is 11.9 Å². The molecule has 0 aromatic carbocycles. The van der Waals surface area contributed by atoms with E-state index in [9.17, 15) is 18.0 Å². The molecular formula is C18H24F3N5O2. The third-order valence-corrected chi connectivity index (χ3v) is 5.25. The first-order valence-corrected chi connectivity index (χ1v) is 9.32. The van der Waals surface area contributed by atoms with Gasteiger partial charge in [-0.2, -0.15) is 18.2 Å². The van der Waals surface area contributed by atoms with Crippen molar-refractivity contribution in [2.45, 2.75) is 43.2 Å². The molecular weight excluding hydrogens is 375 g/mol. The first-order valence-electron chi connectivity index (χ1n) is 9.32. The van der Waals surface area contributed by atoms with Crippen molar-refractivity contribution in [2.24, 2.45) is 0 Å². The minimum Gasteiger partial charge on any atom is -0.338 e. The molecule has 1 saturated carbocycles. The molecule has 1 saturated heterocycles. The van der Waals surface area contributed by atoms with Gasteiger partial charge in [0.1, 0.15) is 0 Å². The Bertz CT molecular complexity index is 740. The molecule has 2 heterocycles. The van der Waals surface area contributed by atoms with Crippen LogP contribution in [0.15, 0.2) is 4.52 Å². The zero-order valence-corrected chi connectivity index (χ0v) is 15.8. The first-order chi connectivity index (χ1) is 13.3. The lowest BCUT2D eigenvalue weighted by molar-refractivity contribution is -0.193. The lowest BCUT2D eigenvalue weighted by Crippen LogP contribution is -2.47. The minimum atomic E-state index is -4.59.